The summed E-state index contributed by atoms with van der Waals surface area (Å²) in [5.74, 6) is 0. The number of hydrogen-bond acceptors (Lipinski definition) is 3. The minimum Gasteiger partial charge on any atom is -0.258 e. The van der Waals surface area contributed by atoms with Crippen LogP contribution in [0, 0.1) is 29.4 Å². The van der Waals surface area contributed by atoms with Gasteiger partial charge in [-0.3, -0.25) is 10.1 Å². The van der Waals surface area contributed by atoms with Crippen molar-refractivity contribution in [2.45, 2.75) is 13.8 Å². The number of nitrogens with zero attached hydrogens (tertiary/aromatic N) is 3. The van der Waals surface area contributed by atoms with Gasteiger partial charge in [-0.05, 0) is 25.5 Å². The lowest BCUT2D eigenvalue weighted by molar-refractivity contribution is -0.383. The second kappa shape index (κ2) is 3.19. The van der Waals surface area contributed by atoms with E-state index < -0.39 is 4.92 Å². The van der Waals surface area contributed by atoms with Gasteiger partial charge < -0.3 is 0 Å². The van der Waals surface area contributed by atoms with Crippen LogP contribution < -0.4 is 0 Å². The van der Waals surface area contributed by atoms with Crippen molar-refractivity contribution in [1.29, 1.82) is 5.39 Å². The zero-order valence-electron chi connectivity index (χ0n) is 7.31. The molecule has 0 unspecified atom stereocenters. The van der Waals surface area contributed by atoms with Crippen LogP contribution >= 0.6 is 0 Å². The first-order valence-corrected chi connectivity index (χ1v) is 3.67. The highest BCUT2D eigenvalue weighted by molar-refractivity contribution is 5.67. The van der Waals surface area contributed by atoms with E-state index in [1.54, 1.807) is 19.9 Å². The summed E-state index contributed by atoms with van der Waals surface area (Å²) in [5.41, 5.74) is 1.22. The Hall–Kier alpha value is -1.96. The van der Waals surface area contributed by atoms with Gasteiger partial charge in [0.05, 0.1) is 10.5 Å². The van der Waals surface area contributed by atoms with Crippen molar-refractivity contribution in [3.05, 3.63) is 38.3 Å². The van der Waals surface area contributed by atoms with E-state index in [0.29, 0.717) is 5.56 Å². The van der Waals surface area contributed by atoms with Crippen molar-refractivity contribution < 1.29 is 4.92 Å². The summed E-state index contributed by atoms with van der Waals surface area (Å²) in [7, 11) is 0. The van der Waals surface area contributed by atoms with Crippen molar-refractivity contribution in [3.63, 3.8) is 0 Å². The maximum atomic E-state index is 10.5. The molecule has 0 saturated heterocycles. The molecule has 0 bridgehead atoms. The highest BCUT2D eigenvalue weighted by atomic mass is 16.6. The highest BCUT2D eigenvalue weighted by Gasteiger charge is 2.27. The van der Waals surface area contributed by atoms with E-state index in [0.717, 1.165) is 5.56 Å². The number of diazo groups is 1. The molecule has 1 aromatic carbocycles. The first kappa shape index (κ1) is 9.13. The van der Waals surface area contributed by atoms with Crippen LogP contribution in [0.3, 0.4) is 0 Å². The van der Waals surface area contributed by atoms with Crippen LogP contribution in [0.5, 0.6) is 0 Å². The van der Waals surface area contributed by atoms with Crippen molar-refractivity contribution in [1.82, 2.24) is 0 Å². The molecule has 0 spiro atoms. The molecule has 5 nitrogen and oxygen atoms in total. The molecule has 0 aliphatic rings. The predicted molar refractivity (Wildman–Crippen MR) is 47.3 cm³/mol. The molecule has 0 atom stereocenters. The Kier molecular flexibility index (Phi) is 2.24. The number of aryl methyl sites for hydroxylation is 2. The Morgan fingerprint density at radius 1 is 1.46 bits per heavy atom. The smallest absolute Gasteiger partial charge is 0.258 e. The molecule has 0 radical (unpaired) electrons. The molecule has 0 amide bonds. The average Bonchev–Trinajstić information content (AvgIpc) is 2.02. The summed E-state index contributed by atoms with van der Waals surface area (Å²) < 4.78 is 0. The topological polar surface area (TPSA) is 71.3 Å². The maximum absolute atomic E-state index is 10.5. The van der Waals surface area contributed by atoms with Crippen LogP contribution in [-0.4, -0.2) is 4.92 Å². The van der Waals surface area contributed by atoms with E-state index in [1.165, 1.54) is 6.07 Å². The molecule has 1 aromatic rings. The van der Waals surface area contributed by atoms with Crippen molar-refractivity contribution in [2.75, 3.05) is 0 Å². The summed E-state index contributed by atoms with van der Waals surface area (Å²) in [6.07, 6.45) is 0. The van der Waals surface area contributed by atoms with Crippen molar-refractivity contribution in [2.24, 2.45) is 0 Å². The van der Waals surface area contributed by atoms with E-state index in [-0.39, 0.29) is 11.4 Å². The SMILES string of the molecule is Cc1cc(C)c([N+]#N)c([N+](=O)[O-])c1. The van der Waals surface area contributed by atoms with E-state index in [4.69, 9.17) is 5.39 Å². The minimum absolute atomic E-state index is 0.0237. The van der Waals surface area contributed by atoms with Crippen LogP contribution in [0.4, 0.5) is 11.4 Å². The average molecular weight is 178 g/mol. The van der Waals surface area contributed by atoms with E-state index >= 15 is 0 Å². The standard InChI is InChI=1S/C8H8N3O2/c1-5-3-6(2)8(10-9)7(4-5)11(12)13/h3-4H,1-2H3/q+1. The fourth-order valence-corrected chi connectivity index (χ4v) is 1.21. The lowest BCUT2D eigenvalue weighted by atomic mass is 10.1. The number of hydrogen-bond donors (Lipinski definition) is 0. The molecule has 0 aromatic heterocycles. The van der Waals surface area contributed by atoms with Crippen molar-refractivity contribution in [3.8, 4) is 0 Å². The summed E-state index contributed by atoms with van der Waals surface area (Å²) in [4.78, 5) is 12.8. The van der Waals surface area contributed by atoms with Gasteiger partial charge in [-0.15, -0.1) is 0 Å². The van der Waals surface area contributed by atoms with Gasteiger partial charge >= 0.3 is 11.4 Å². The molecule has 5 heteroatoms. The quantitative estimate of drug-likeness (QED) is 0.377. The zero-order valence-corrected chi connectivity index (χ0v) is 7.31. The van der Waals surface area contributed by atoms with E-state index in [1.807, 2.05) is 0 Å². The number of rotatable bonds is 1. The van der Waals surface area contributed by atoms with Gasteiger partial charge in [0.15, 0.2) is 4.98 Å². The van der Waals surface area contributed by atoms with Crippen LogP contribution in [0.1, 0.15) is 11.1 Å². The lowest BCUT2D eigenvalue weighted by Crippen LogP contribution is -1.90. The lowest BCUT2D eigenvalue weighted by Gasteiger charge is -1.93. The van der Waals surface area contributed by atoms with Crippen LogP contribution in [0.25, 0.3) is 4.98 Å². The van der Waals surface area contributed by atoms with Gasteiger partial charge in [0, 0.05) is 6.07 Å². The molecule has 0 heterocycles. The fraction of sp³-hybridized carbons (Fsp3) is 0.250. The Labute approximate surface area is 74.8 Å². The Bertz CT molecular complexity index is 407. The van der Waals surface area contributed by atoms with Gasteiger partial charge in [0.25, 0.3) is 0 Å². The molecule has 0 N–H and O–H groups in total. The molecule has 0 fully saturated rings. The molecular weight excluding hydrogens is 170 g/mol. The third-order valence-electron chi connectivity index (χ3n) is 1.72. The zero-order chi connectivity index (χ0) is 10.0. The molecule has 0 saturated carbocycles. The second-order valence-corrected chi connectivity index (χ2v) is 2.81. The van der Waals surface area contributed by atoms with Gasteiger partial charge in [-0.25, -0.2) is 0 Å². The third-order valence-corrected chi connectivity index (χ3v) is 1.72. The third kappa shape index (κ3) is 1.62. The second-order valence-electron chi connectivity index (χ2n) is 2.81. The van der Waals surface area contributed by atoms with Gasteiger partial charge in [0.1, 0.15) is 0 Å². The van der Waals surface area contributed by atoms with E-state index in [2.05, 4.69) is 4.98 Å². The minimum atomic E-state index is -0.560. The van der Waals surface area contributed by atoms with Crippen LogP contribution in [-0.2, 0) is 0 Å². The van der Waals surface area contributed by atoms with E-state index in [9.17, 15) is 10.1 Å². The predicted octanol–water partition coefficient (Wildman–Crippen LogP) is 2.70. The Balaban J connectivity index is 3.50. The molecule has 13 heavy (non-hydrogen) atoms. The monoisotopic (exact) mass is 178 g/mol. The van der Waals surface area contributed by atoms with Gasteiger partial charge in [0.2, 0.25) is 5.39 Å². The molecule has 0 aliphatic carbocycles. The first-order valence-electron chi connectivity index (χ1n) is 3.67. The normalized spacial score (nSPS) is 9.31. The molecule has 1 rings (SSSR count). The largest absolute Gasteiger partial charge is 0.463 e. The van der Waals surface area contributed by atoms with Gasteiger partial charge in [-0.1, -0.05) is 0 Å². The maximum Gasteiger partial charge on any atom is 0.463 e. The summed E-state index contributed by atoms with van der Waals surface area (Å²) in [6, 6.07) is 3.10. The fourth-order valence-electron chi connectivity index (χ4n) is 1.21. The summed E-state index contributed by atoms with van der Waals surface area (Å²) in [5, 5.41) is 19.1. The van der Waals surface area contributed by atoms with Crippen LogP contribution in [0.2, 0.25) is 0 Å². The molecule has 66 valence electrons. The molecule has 0 aliphatic heterocycles. The number of benzene rings is 1. The Morgan fingerprint density at radius 3 is 2.54 bits per heavy atom. The Morgan fingerprint density at radius 2 is 2.08 bits per heavy atom. The number of nitro groups is 1. The summed E-state index contributed by atoms with van der Waals surface area (Å²) in [6.45, 7) is 3.41. The summed E-state index contributed by atoms with van der Waals surface area (Å²) >= 11 is 0. The van der Waals surface area contributed by atoms with Crippen molar-refractivity contribution >= 4 is 11.4 Å². The number of nitro benzene ring substituents is 1. The molecular formula is C8H8N3O2+. The first-order chi connectivity index (χ1) is 6.06. The van der Waals surface area contributed by atoms with Crippen LogP contribution in [0.15, 0.2) is 12.1 Å². The highest BCUT2D eigenvalue weighted by Crippen LogP contribution is 2.31. The van der Waals surface area contributed by atoms with Gasteiger partial charge in [-0.2, -0.15) is 0 Å².